The van der Waals surface area contributed by atoms with Crippen molar-refractivity contribution in [1.82, 2.24) is 0 Å². The van der Waals surface area contributed by atoms with Crippen molar-refractivity contribution in [3.05, 3.63) is 0 Å². The molecular weight excluding hydrogens is 296 g/mol. The lowest BCUT2D eigenvalue weighted by atomic mass is 10.0. The third-order valence-electron chi connectivity index (χ3n) is 4.93. The van der Waals surface area contributed by atoms with Crippen molar-refractivity contribution >= 4 is 0 Å². The molecule has 0 aromatic rings. The Balaban J connectivity index is 3.65. The highest BCUT2D eigenvalue weighted by molar-refractivity contribution is 4.67. The lowest BCUT2D eigenvalue weighted by molar-refractivity contribution is -0.213. The highest BCUT2D eigenvalue weighted by Crippen LogP contribution is 2.23. The van der Waals surface area contributed by atoms with Crippen molar-refractivity contribution in [3.8, 4) is 0 Å². The van der Waals surface area contributed by atoms with Crippen molar-refractivity contribution in [2.75, 3.05) is 6.61 Å². The van der Waals surface area contributed by atoms with Crippen LogP contribution in [0.2, 0.25) is 0 Å². The maximum atomic E-state index is 10.7. The average Bonchev–Trinajstić information content (AvgIpc) is 2.57. The van der Waals surface area contributed by atoms with Gasteiger partial charge in [-0.05, 0) is 12.8 Å². The van der Waals surface area contributed by atoms with Gasteiger partial charge in [0.05, 0.1) is 6.61 Å². The summed E-state index contributed by atoms with van der Waals surface area (Å²) in [4.78, 5) is 0. The highest BCUT2D eigenvalue weighted by atomic mass is 16.6. The van der Waals surface area contributed by atoms with Gasteiger partial charge in [0.1, 0.15) is 0 Å². The minimum Gasteiger partial charge on any atom is -0.365 e. The zero-order valence-corrected chi connectivity index (χ0v) is 17.1. The van der Waals surface area contributed by atoms with Gasteiger partial charge in [-0.1, -0.05) is 104 Å². The van der Waals surface area contributed by atoms with E-state index in [9.17, 15) is 5.11 Å². The van der Waals surface area contributed by atoms with Gasteiger partial charge in [0.25, 0.3) is 0 Å². The molecule has 0 aromatic carbocycles. The van der Waals surface area contributed by atoms with Crippen LogP contribution >= 0.6 is 0 Å². The predicted molar refractivity (Wildman–Crippen MR) is 106 cm³/mol. The van der Waals surface area contributed by atoms with Crippen LogP contribution in [0.5, 0.6) is 0 Å². The molecule has 0 aromatic heterocycles. The number of ether oxygens (including phenoxy) is 1. The summed E-state index contributed by atoms with van der Waals surface area (Å²) in [7, 11) is 0. The predicted octanol–water partition coefficient (Wildman–Crippen LogP) is 7.38. The molecule has 0 heterocycles. The van der Waals surface area contributed by atoms with E-state index in [1.807, 2.05) is 0 Å². The zero-order chi connectivity index (χ0) is 17.9. The molecular formula is C22H46O2. The fourth-order valence-electron chi connectivity index (χ4n) is 3.34. The quantitative estimate of drug-likeness (QED) is 0.196. The van der Waals surface area contributed by atoms with Crippen LogP contribution in [0, 0.1) is 0 Å². The summed E-state index contributed by atoms with van der Waals surface area (Å²) in [5, 5.41) is 10.7. The van der Waals surface area contributed by atoms with Crippen LogP contribution in [0.15, 0.2) is 0 Å². The first-order valence-corrected chi connectivity index (χ1v) is 11.0. The standard InChI is InChI=1S/C22H46O2/c1-4-7-9-11-13-14-16-18-21-24-22(23,19-6-3)20-17-15-12-10-8-5-2/h23H,4-21H2,1-3H3. The first-order valence-electron chi connectivity index (χ1n) is 11.0. The molecule has 0 bridgehead atoms. The van der Waals surface area contributed by atoms with E-state index >= 15 is 0 Å². The molecule has 0 aliphatic rings. The van der Waals surface area contributed by atoms with Crippen LogP contribution in [-0.2, 0) is 4.74 Å². The van der Waals surface area contributed by atoms with Gasteiger partial charge in [-0.2, -0.15) is 0 Å². The van der Waals surface area contributed by atoms with Crippen LogP contribution in [-0.4, -0.2) is 17.5 Å². The Morgan fingerprint density at radius 3 is 1.50 bits per heavy atom. The molecule has 0 aliphatic heterocycles. The number of rotatable bonds is 19. The molecule has 0 fully saturated rings. The molecule has 1 N–H and O–H groups in total. The van der Waals surface area contributed by atoms with E-state index < -0.39 is 5.79 Å². The number of hydrogen-bond acceptors (Lipinski definition) is 2. The fourth-order valence-corrected chi connectivity index (χ4v) is 3.34. The number of hydrogen-bond donors (Lipinski definition) is 1. The van der Waals surface area contributed by atoms with Gasteiger partial charge in [-0.3, -0.25) is 0 Å². The van der Waals surface area contributed by atoms with Crippen LogP contribution in [0.3, 0.4) is 0 Å². The van der Waals surface area contributed by atoms with E-state index in [0.717, 1.165) is 38.7 Å². The average molecular weight is 343 g/mol. The Morgan fingerprint density at radius 2 is 1.00 bits per heavy atom. The maximum absolute atomic E-state index is 10.7. The Labute approximate surface area is 152 Å². The smallest absolute Gasteiger partial charge is 0.165 e. The third kappa shape index (κ3) is 15.4. The van der Waals surface area contributed by atoms with Crippen LogP contribution in [0.4, 0.5) is 0 Å². The molecule has 0 radical (unpaired) electrons. The van der Waals surface area contributed by atoms with Gasteiger partial charge in [-0.15, -0.1) is 0 Å². The van der Waals surface area contributed by atoms with Crippen molar-refractivity contribution < 1.29 is 9.84 Å². The van der Waals surface area contributed by atoms with E-state index in [1.165, 1.54) is 77.0 Å². The normalized spacial score (nSPS) is 14.0. The molecule has 0 saturated carbocycles. The molecule has 2 nitrogen and oxygen atoms in total. The Kier molecular flexibility index (Phi) is 17.7. The summed E-state index contributed by atoms with van der Waals surface area (Å²) in [6, 6.07) is 0. The first-order chi connectivity index (χ1) is 11.7. The summed E-state index contributed by atoms with van der Waals surface area (Å²) < 4.78 is 5.90. The van der Waals surface area contributed by atoms with Gasteiger partial charge in [0.15, 0.2) is 5.79 Å². The molecule has 146 valence electrons. The lowest BCUT2D eigenvalue weighted by Gasteiger charge is -2.28. The monoisotopic (exact) mass is 342 g/mol. The van der Waals surface area contributed by atoms with Gasteiger partial charge in [0.2, 0.25) is 0 Å². The van der Waals surface area contributed by atoms with E-state index in [0.29, 0.717) is 0 Å². The van der Waals surface area contributed by atoms with Crippen molar-refractivity contribution in [3.63, 3.8) is 0 Å². The second-order valence-corrected chi connectivity index (χ2v) is 7.54. The molecule has 2 heteroatoms. The largest absolute Gasteiger partial charge is 0.365 e. The van der Waals surface area contributed by atoms with E-state index in [2.05, 4.69) is 20.8 Å². The Morgan fingerprint density at radius 1 is 0.542 bits per heavy atom. The summed E-state index contributed by atoms with van der Waals surface area (Å²) in [6.45, 7) is 7.37. The van der Waals surface area contributed by atoms with E-state index in [4.69, 9.17) is 4.74 Å². The summed E-state index contributed by atoms with van der Waals surface area (Å²) in [6.07, 6.45) is 20.7. The highest BCUT2D eigenvalue weighted by Gasteiger charge is 2.25. The molecule has 24 heavy (non-hydrogen) atoms. The topological polar surface area (TPSA) is 29.5 Å². The van der Waals surface area contributed by atoms with E-state index in [1.54, 1.807) is 0 Å². The minimum atomic E-state index is -0.860. The molecule has 0 saturated heterocycles. The van der Waals surface area contributed by atoms with Crippen molar-refractivity contribution in [2.45, 2.75) is 136 Å². The third-order valence-corrected chi connectivity index (χ3v) is 4.93. The van der Waals surface area contributed by atoms with E-state index in [-0.39, 0.29) is 0 Å². The fraction of sp³-hybridized carbons (Fsp3) is 1.00. The molecule has 1 unspecified atom stereocenters. The molecule has 0 spiro atoms. The van der Waals surface area contributed by atoms with Crippen molar-refractivity contribution in [1.29, 1.82) is 0 Å². The van der Waals surface area contributed by atoms with Crippen LogP contribution in [0.1, 0.15) is 130 Å². The summed E-state index contributed by atoms with van der Waals surface area (Å²) in [5.74, 6) is -0.860. The second-order valence-electron chi connectivity index (χ2n) is 7.54. The lowest BCUT2D eigenvalue weighted by Crippen LogP contribution is -2.32. The maximum Gasteiger partial charge on any atom is 0.165 e. The Bertz CT molecular complexity index is 242. The van der Waals surface area contributed by atoms with Gasteiger partial charge in [0, 0.05) is 12.8 Å². The number of aliphatic hydroxyl groups is 1. The number of unbranched alkanes of at least 4 members (excludes halogenated alkanes) is 12. The molecule has 0 amide bonds. The Hall–Kier alpha value is -0.0800. The summed E-state index contributed by atoms with van der Waals surface area (Å²) in [5.41, 5.74) is 0. The zero-order valence-electron chi connectivity index (χ0n) is 17.1. The summed E-state index contributed by atoms with van der Waals surface area (Å²) >= 11 is 0. The van der Waals surface area contributed by atoms with Crippen LogP contribution < -0.4 is 0 Å². The van der Waals surface area contributed by atoms with Crippen LogP contribution in [0.25, 0.3) is 0 Å². The molecule has 0 aliphatic carbocycles. The SMILES string of the molecule is CCCCCCCCCCOC(O)(CCC)CCCCCCCC. The van der Waals surface area contributed by atoms with Gasteiger partial charge >= 0.3 is 0 Å². The second kappa shape index (κ2) is 17.7. The molecule has 0 rings (SSSR count). The molecule has 1 atom stereocenters. The first kappa shape index (κ1) is 23.9. The van der Waals surface area contributed by atoms with Crippen molar-refractivity contribution in [2.24, 2.45) is 0 Å². The van der Waals surface area contributed by atoms with Gasteiger partial charge < -0.3 is 9.84 Å². The van der Waals surface area contributed by atoms with Gasteiger partial charge in [-0.25, -0.2) is 0 Å². The minimum absolute atomic E-state index is 0.724.